The van der Waals surface area contributed by atoms with Crippen molar-refractivity contribution in [3.63, 3.8) is 0 Å². The van der Waals surface area contributed by atoms with E-state index in [1.807, 2.05) is 18.2 Å². The maximum absolute atomic E-state index is 11.7. The highest BCUT2D eigenvalue weighted by atomic mass is 35.5. The van der Waals surface area contributed by atoms with Crippen molar-refractivity contribution in [3.05, 3.63) is 67.4 Å². The Morgan fingerprint density at radius 2 is 2.11 bits per heavy atom. The summed E-state index contributed by atoms with van der Waals surface area (Å²) in [5.41, 5.74) is 1.71. The van der Waals surface area contributed by atoms with Gasteiger partial charge in [-0.1, -0.05) is 35.9 Å². The number of nitrogens with one attached hydrogen (secondary N) is 1. The lowest BCUT2D eigenvalue weighted by atomic mass is 9.77. The molecule has 92 valence electrons. The molecule has 0 saturated carbocycles. The zero-order valence-corrected chi connectivity index (χ0v) is 10.3. The number of H-pyrrole nitrogens is 1. The molecule has 1 N–H and O–H groups in total. The van der Waals surface area contributed by atoms with Crippen LogP contribution in [-0.2, 0) is 13.0 Å². The molecule has 1 aliphatic rings. The van der Waals surface area contributed by atoms with Gasteiger partial charge in [0.2, 0.25) is 0 Å². The summed E-state index contributed by atoms with van der Waals surface area (Å²) in [6.07, 6.45) is 0.907. The molecule has 0 amide bonds. The van der Waals surface area contributed by atoms with Crippen LogP contribution in [0.5, 0.6) is 0 Å². The number of hydrogen-bond donors (Lipinski definition) is 1. The van der Waals surface area contributed by atoms with Crippen LogP contribution in [0.3, 0.4) is 0 Å². The summed E-state index contributed by atoms with van der Waals surface area (Å²) in [4.78, 5) is 25.8. The minimum absolute atomic E-state index is 0.0789. The third-order valence-electron chi connectivity index (χ3n) is 3.35. The first kappa shape index (κ1) is 11.3. The number of rotatable bonds is 2. The van der Waals surface area contributed by atoms with Crippen LogP contribution in [0.2, 0.25) is 5.15 Å². The summed E-state index contributed by atoms with van der Waals surface area (Å²) in [6.45, 7) is 0.405. The first-order chi connectivity index (χ1) is 8.65. The Hall–Kier alpha value is -1.81. The van der Waals surface area contributed by atoms with E-state index in [1.165, 1.54) is 21.8 Å². The lowest BCUT2D eigenvalue weighted by molar-refractivity contribution is 0.483. The Morgan fingerprint density at radius 3 is 2.83 bits per heavy atom. The van der Waals surface area contributed by atoms with E-state index in [1.54, 1.807) is 0 Å². The van der Waals surface area contributed by atoms with E-state index in [0.717, 1.165) is 6.42 Å². The Balaban J connectivity index is 1.93. The van der Waals surface area contributed by atoms with Crippen molar-refractivity contribution in [1.82, 2.24) is 9.55 Å². The predicted octanol–water partition coefficient (Wildman–Crippen LogP) is 1.53. The molecule has 3 rings (SSSR count). The highest BCUT2D eigenvalue weighted by molar-refractivity contribution is 6.29. The minimum atomic E-state index is -0.447. The van der Waals surface area contributed by atoms with Crippen LogP contribution in [0.4, 0.5) is 0 Å². The van der Waals surface area contributed by atoms with E-state index in [4.69, 9.17) is 11.6 Å². The number of halogens is 1. The van der Waals surface area contributed by atoms with Crippen LogP contribution in [0.25, 0.3) is 0 Å². The normalized spacial score (nSPS) is 17.1. The molecule has 0 aliphatic heterocycles. The first-order valence-electron chi connectivity index (χ1n) is 5.72. The maximum Gasteiger partial charge on any atom is 0.329 e. The van der Waals surface area contributed by atoms with Crippen LogP contribution >= 0.6 is 11.6 Å². The molecule has 18 heavy (non-hydrogen) atoms. The summed E-state index contributed by atoms with van der Waals surface area (Å²) in [5.74, 6) is 0.237. The van der Waals surface area contributed by atoms with Gasteiger partial charge in [-0.05, 0) is 17.5 Å². The molecule has 1 aromatic carbocycles. The summed E-state index contributed by atoms with van der Waals surface area (Å²) >= 11 is 5.62. The first-order valence-corrected chi connectivity index (χ1v) is 6.10. The number of aromatic amines is 1. The van der Waals surface area contributed by atoms with Gasteiger partial charge in [-0.3, -0.25) is 14.3 Å². The molecule has 0 radical (unpaired) electrons. The fourth-order valence-electron chi connectivity index (χ4n) is 2.41. The SMILES string of the molecule is O=c1cc(Cl)[nH]c(=O)n1CC1Cc2ccccc21. The second-order valence-electron chi connectivity index (χ2n) is 4.47. The molecule has 0 bridgehead atoms. The van der Waals surface area contributed by atoms with Crippen LogP contribution in [0.1, 0.15) is 17.0 Å². The molecule has 1 atom stereocenters. The molecule has 1 aromatic heterocycles. The molecule has 1 unspecified atom stereocenters. The molecule has 1 heterocycles. The van der Waals surface area contributed by atoms with Crippen molar-refractivity contribution >= 4 is 11.6 Å². The van der Waals surface area contributed by atoms with Gasteiger partial charge < -0.3 is 0 Å². The van der Waals surface area contributed by atoms with Crippen LogP contribution in [0.15, 0.2) is 39.9 Å². The summed E-state index contributed by atoms with van der Waals surface area (Å²) in [6, 6.07) is 9.31. The second kappa shape index (κ2) is 4.14. The standard InChI is InChI=1S/C13H11ClN2O2/c14-11-6-12(17)16(13(18)15-11)7-9-5-8-3-1-2-4-10(8)9/h1-4,6,9H,5,7H2,(H,15,18). The lowest BCUT2D eigenvalue weighted by Gasteiger charge is -2.30. The largest absolute Gasteiger partial charge is 0.329 e. The summed E-state index contributed by atoms with van der Waals surface area (Å²) in [7, 11) is 0. The molecule has 0 fully saturated rings. The molecule has 2 aromatic rings. The minimum Gasteiger partial charge on any atom is -0.298 e. The zero-order valence-electron chi connectivity index (χ0n) is 9.52. The smallest absolute Gasteiger partial charge is 0.298 e. The van der Waals surface area contributed by atoms with E-state index in [0.29, 0.717) is 6.54 Å². The van der Waals surface area contributed by atoms with Crippen molar-refractivity contribution in [2.75, 3.05) is 0 Å². The highest BCUT2D eigenvalue weighted by Crippen LogP contribution is 2.35. The number of aromatic nitrogens is 2. The molecular weight excluding hydrogens is 252 g/mol. The third kappa shape index (κ3) is 1.78. The van der Waals surface area contributed by atoms with Gasteiger partial charge in [0.15, 0.2) is 0 Å². The van der Waals surface area contributed by atoms with Gasteiger partial charge in [0.1, 0.15) is 5.15 Å². The fraction of sp³-hybridized carbons (Fsp3) is 0.231. The van der Waals surface area contributed by atoms with E-state index in [-0.39, 0.29) is 16.6 Å². The van der Waals surface area contributed by atoms with Gasteiger partial charge in [0.05, 0.1) is 0 Å². The van der Waals surface area contributed by atoms with Gasteiger partial charge in [-0.15, -0.1) is 0 Å². The third-order valence-corrected chi connectivity index (χ3v) is 3.56. The maximum atomic E-state index is 11.7. The van der Waals surface area contributed by atoms with E-state index in [2.05, 4.69) is 11.1 Å². The molecular formula is C13H11ClN2O2. The molecule has 0 spiro atoms. The van der Waals surface area contributed by atoms with Crippen molar-refractivity contribution in [3.8, 4) is 0 Å². The Kier molecular flexibility index (Phi) is 2.59. The zero-order chi connectivity index (χ0) is 12.7. The highest BCUT2D eigenvalue weighted by Gasteiger charge is 2.26. The molecule has 5 heteroatoms. The van der Waals surface area contributed by atoms with Gasteiger partial charge in [-0.25, -0.2) is 4.79 Å². The Labute approximate surface area is 108 Å². The van der Waals surface area contributed by atoms with Gasteiger partial charge in [-0.2, -0.15) is 0 Å². The average Bonchev–Trinajstić information content (AvgIpc) is 2.28. The quantitative estimate of drug-likeness (QED) is 0.835. The van der Waals surface area contributed by atoms with Crippen molar-refractivity contribution in [2.45, 2.75) is 18.9 Å². The van der Waals surface area contributed by atoms with Gasteiger partial charge in [0, 0.05) is 18.5 Å². The van der Waals surface area contributed by atoms with Crippen molar-refractivity contribution < 1.29 is 0 Å². The Morgan fingerprint density at radius 1 is 1.33 bits per heavy atom. The van der Waals surface area contributed by atoms with Crippen LogP contribution in [-0.4, -0.2) is 9.55 Å². The molecule has 0 saturated heterocycles. The van der Waals surface area contributed by atoms with Crippen LogP contribution in [0, 0.1) is 0 Å². The fourth-order valence-corrected chi connectivity index (χ4v) is 2.59. The number of hydrogen-bond acceptors (Lipinski definition) is 2. The number of nitrogens with zero attached hydrogens (tertiary/aromatic N) is 1. The molecule has 1 aliphatic carbocycles. The summed E-state index contributed by atoms with van der Waals surface area (Å²) in [5, 5.41) is 0.0789. The van der Waals surface area contributed by atoms with Crippen molar-refractivity contribution in [1.29, 1.82) is 0 Å². The van der Waals surface area contributed by atoms with Gasteiger partial charge in [0.25, 0.3) is 5.56 Å². The van der Waals surface area contributed by atoms with E-state index >= 15 is 0 Å². The number of benzene rings is 1. The molecule has 4 nitrogen and oxygen atoms in total. The lowest BCUT2D eigenvalue weighted by Crippen LogP contribution is -2.38. The average molecular weight is 263 g/mol. The topological polar surface area (TPSA) is 54.9 Å². The van der Waals surface area contributed by atoms with E-state index in [9.17, 15) is 9.59 Å². The second-order valence-corrected chi connectivity index (χ2v) is 4.88. The number of fused-ring (bicyclic) bond motifs is 1. The van der Waals surface area contributed by atoms with Crippen LogP contribution < -0.4 is 11.2 Å². The monoisotopic (exact) mass is 262 g/mol. The Bertz CT molecular complexity index is 686. The predicted molar refractivity (Wildman–Crippen MR) is 69.2 cm³/mol. The summed E-state index contributed by atoms with van der Waals surface area (Å²) < 4.78 is 1.20. The van der Waals surface area contributed by atoms with E-state index < -0.39 is 5.69 Å². The van der Waals surface area contributed by atoms with Gasteiger partial charge >= 0.3 is 5.69 Å². The van der Waals surface area contributed by atoms with Crippen molar-refractivity contribution in [2.24, 2.45) is 0 Å².